The van der Waals surface area contributed by atoms with Crippen LogP contribution >= 0.6 is 11.6 Å². The van der Waals surface area contributed by atoms with Gasteiger partial charge in [0, 0.05) is 13.1 Å². The predicted molar refractivity (Wildman–Crippen MR) is 94.5 cm³/mol. The number of β-amino-alcohol motifs (C(OH)–C–C–N with tert-alkyl or cyclic N) is 1. The van der Waals surface area contributed by atoms with E-state index >= 15 is 0 Å². The molecule has 0 aliphatic carbocycles. The molecule has 2 aromatic rings. The molecule has 0 spiro atoms. The van der Waals surface area contributed by atoms with Crippen LogP contribution in [0.5, 0.6) is 0 Å². The van der Waals surface area contributed by atoms with Gasteiger partial charge in [0.15, 0.2) is 0 Å². The minimum Gasteiger partial charge on any atom is -0.481 e. The number of aryl methyl sites for hydroxylation is 1. The standard InChI is InChI=1S/C18H22ClN3O3/c1-12-16(19)14(21-20-12)10-22-8-7-18(17(24)25,15(23)11-22)9-13-5-3-2-4-6-13/h2-6,15,23H,7-11H2,1H3,(H,20,21)(H,24,25)/t15-,18-/m1/s1. The van der Waals surface area contributed by atoms with Crippen LogP contribution in [0.15, 0.2) is 30.3 Å². The molecule has 0 unspecified atom stereocenters. The molecule has 1 fully saturated rings. The number of rotatable bonds is 5. The van der Waals surface area contributed by atoms with E-state index in [1.165, 1.54) is 0 Å². The Morgan fingerprint density at radius 3 is 2.72 bits per heavy atom. The van der Waals surface area contributed by atoms with Crippen molar-refractivity contribution in [1.29, 1.82) is 0 Å². The quantitative estimate of drug-likeness (QED) is 0.758. The van der Waals surface area contributed by atoms with E-state index in [1.807, 2.05) is 42.2 Å². The number of aromatic amines is 1. The minimum atomic E-state index is -1.16. The van der Waals surface area contributed by atoms with Crippen LogP contribution in [0.1, 0.15) is 23.4 Å². The van der Waals surface area contributed by atoms with Crippen molar-refractivity contribution in [1.82, 2.24) is 15.1 Å². The lowest BCUT2D eigenvalue weighted by Gasteiger charge is -2.42. The molecule has 6 nitrogen and oxygen atoms in total. The van der Waals surface area contributed by atoms with Crippen molar-refractivity contribution in [2.24, 2.45) is 5.41 Å². The van der Waals surface area contributed by atoms with E-state index in [4.69, 9.17) is 11.6 Å². The molecule has 0 amide bonds. The maximum Gasteiger partial charge on any atom is 0.312 e. The number of carboxylic acids is 1. The second-order valence-electron chi connectivity index (χ2n) is 6.73. The normalized spacial score (nSPS) is 24.4. The van der Waals surface area contributed by atoms with Gasteiger partial charge in [0.1, 0.15) is 5.41 Å². The molecule has 2 heterocycles. The summed E-state index contributed by atoms with van der Waals surface area (Å²) in [7, 11) is 0. The van der Waals surface area contributed by atoms with Crippen molar-refractivity contribution in [2.75, 3.05) is 13.1 Å². The Labute approximate surface area is 151 Å². The zero-order valence-electron chi connectivity index (χ0n) is 14.1. The highest BCUT2D eigenvalue weighted by Gasteiger charge is 2.48. The number of aliphatic carboxylic acids is 1. The number of nitrogens with zero attached hydrogens (tertiary/aromatic N) is 2. The number of likely N-dealkylation sites (tertiary alicyclic amines) is 1. The van der Waals surface area contributed by atoms with E-state index < -0.39 is 17.5 Å². The number of aliphatic hydroxyl groups excluding tert-OH is 1. The fourth-order valence-corrected chi connectivity index (χ4v) is 3.60. The first-order chi connectivity index (χ1) is 11.9. The molecular formula is C18H22ClN3O3. The lowest BCUT2D eigenvalue weighted by Crippen LogP contribution is -2.55. The number of piperidine rings is 1. The second kappa shape index (κ2) is 7.15. The molecule has 1 aromatic heterocycles. The molecule has 1 aromatic carbocycles. The van der Waals surface area contributed by atoms with Gasteiger partial charge in [-0.25, -0.2) is 0 Å². The summed E-state index contributed by atoms with van der Waals surface area (Å²) >= 11 is 6.20. The molecule has 3 N–H and O–H groups in total. The molecule has 1 aliphatic heterocycles. The summed E-state index contributed by atoms with van der Waals surface area (Å²) in [6, 6.07) is 9.46. The molecular weight excluding hydrogens is 342 g/mol. The third kappa shape index (κ3) is 3.56. The predicted octanol–water partition coefficient (Wildman–Crippen LogP) is 2.25. The van der Waals surface area contributed by atoms with E-state index in [0.717, 1.165) is 17.0 Å². The molecule has 134 valence electrons. The first-order valence-electron chi connectivity index (χ1n) is 8.29. The van der Waals surface area contributed by atoms with Gasteiger partial charge in [0.2, 0.25) is 0 Å². The maximum absolute atomic E-state index is 12.0. The van der Waals surface area contributed by atoms with Crippen LogP contribution in [0.4, 0.5) is 0 Å². The van der Waals surface area contributed by atoms with E-state index in [2.05, 4.69) is 10.2 Å². The summed E-state index contributed by atoms with van der Waals surface area (Å²) in [6.07, 6.45) is -0.266. The zero-order valence-corrected chi connectivity index (χ0v) is 14.8. The lowest BCUT2D eigenvalue weighted by atomic mass is 9.71. The highest BCUT2D eigenvalue weighted by Crippen LogP contribution is 2.36. The summed E-state index contributed by atoms with van der Waals surface area (Å²) < 4.78 is 0. The van der Waals surface area contributed by atoms with Crippen LogP contribution in [-0.4, -0.2) is 50.5 Å². The van der Waals surface area contributed by atoms with Crippen LogP contribution in [0.2, 0.25) is 5.02 Å². The van der Waals surface area contributed by atoms with Gasteiger partial charge in [-0.1, -0.05) is 41.9 Å². The second-order valence-corrected chi connectivity index (χ2v) is 7.11. The molecule has 1 aliphatic rings. The van der Waals surface area contributed by atoms with Gasteiger partial charge in [-0.3, -0.25) is 14.8 Å². The van der Waals surface area contributed by atoms with Crippen LogP contribution < -0.4 is 0 Å². The van der Waals surface area contributed by atoms with Crippen molar-refractivity contribution in [3.8, 4) is 0 Å². The van der Waals surface area contributed by atoms with E-state index in [0.29, 0.717) is 31.0 Å². The average molecular weight is 364 g/mol. The van der Waals surface area contributed by atoms with E-state index in [1.54, 1.807) is 0 Å². The Hall–Kier alpha value is -1.89. The van der Waals surface area contributed by atoms with Crippen LogP contribution in [0.25, 0.3) is 0 Å². The van der Waals surface area contributed by atoms with Crippen molar-refractivity contribution >= 4 is 17.6 Å². The molecule has 0 bridgehead atoms. The Morgan fingerprint density at radius 1 is 1.44 bits per heavy atom. The van der Waals surface area contributed by atoms with Gasteiger partial charge in [-0.05, 0) is 31.9 Å². The molecule has 25 heavy (non-hydrogen) atoms. The van der Waals surface area contributed by atoms with E-state index in [-0.39, 0.29) is 6.54 Å². The topological polar surface area (TPSA) is 89.5 Å². The molecule has 3 rings (SSSR count). The number of hydrogen-bond acceptors (Lipinski definition) is 4. The van der Waals surface area contributed by atoms with Gasteiger partial charge in [-0.2, -0.15) is 5.10 Å². The number of H-pyrrole nitrogens is 1. The summed E-state index contributed by atoms with van der Waals surface area (Å²) in [5, 5.41) is 28.1. The van der Waals surface area contributed by atoms with Crippen molar-refractivity contribution in [3.05, 3.63) is 52.3 Å². The molecule has 0 saturated carbocycles. The summed E-state index contributed by atoms with van der Waals surface area (Å²) in [5.74, 6) is -0.947. The van der Waals surface area contributed by atoms with Crippen LogP contribution in [0, 0.1) is 12.3 Å². The van der Waals surface area contributed by atoms with Crippen molar-refractivity contribution < 1.29 is 15.0 Å². The Morgan fingerprint density at radius 2 is 2.16 bits per heavy atom. The largest absolute Gasteiger partial charge is 0.481 e. The number of hydrogen-bond donors (Lipinski definition) is 3. The van der Waals surface area contributed by atoms with Crippen molar-refractivity contribution in [2.45, 2.75) is 32.4 Å². The summed E-state index contributed by atoms with van der Waals surface area (Å²) in [6.45, 7) is 3.18. The number of carboxylic acid groups (broad SMARTS) is 1. The third-order valence-electron chi connectivity index (χ3n) is 5.05. The summed E-state index contributed by atoms with van der Waals surface area (Å²) in [4.78, 5) is 14.0. The number of aliphatic hydroxyl groups is 1. The molecule has 2 atom stereocenters. The summed E-state index contributed by atoms with van der Waals surface area (Å²) in [5.41, 5.74) is 1.28. The van der Waals surface area contributed by atoms with Crippen LogP contribution in [-0.2, 0) is 17.8 Å². The number of carbonyl (C=O) groups is 1. The number of halogens is 1. The number of aromatic nitrogens is 2. The minimum absolute atomic E-state index is 0.279. The van der Waals surface area contributed by atoms with Gasteiger partial charge >= 0.3 is 5.97 Å². The van der Waals surface area contributed by atoms with Crippen molar-refractivity contribution in [3.63, 3.8) is 0 Å². The smallest absolute Gasteiger partial charge is 0.312 e. The van der Waals surface area contributed by atoms with Gasteiger partial charge < -0.3 is 10.2 Å². The highest BCUT2D eigenvalue weighted by atomic mass is 35.5. The number of benzene rings is 1. The fraction of sp³-hybridized carbons (Fsp3) is 0.444. The molecule has 1 saturated heterocycles. The van der Waals surface area contributed by atoms with Crippen LogP contribution in [0.3, 0.4) is 0 Å². The highest BCUT2D eigenvalue weighted by molar-refractivity contribution is 6.31. The van der Waals surface area contributed by atoms with Gasteiger partial charge in [0.05, 0.1) is 22.5 Å². The van der Waals surface area contributed by atoms with E-state index in [9.17, 15) is 15.0 Å². The fourth-order valence-electron chi connectivity index (χ4n) is 3.45. The Bertz CT molecular complexity index is 749. The first kappa shape index (κ1) is 17.9. The molecule has 0 radical (unpaired) electrons. The molecule has 7 heteroatoms. The van der Waals surface area contributed by atoms with Gasteiger partial charge in [0.25, 0.3) is 0 Å². The Kier molecular flexibility index (Phi) is 5.13. The number of nitrogens with one attached hydrogen (secondary N) is 1. The van der Waals surface area contributed by atoms with Gasteiger partial charge in [-0.15, -0.1) is 0 Å². The lowest BCUT2D eigenvalue weighted by molar-refractivity contribution is -0.163. The SMILES string of the molecule is Cc1[nH]nc(CN2CC[C@](Cc3ccccc3)(C(=O)O)[C@H](O)C2)c1Cl. The zero-order chi connectivity index (χ0) is 18.0. The third-order valence-corrected chi connectivity index (χ3v) is 5.55. The first-order valence-corrected chi connectivity index (χ1v) is 8.67. The Balaban J connectivity index is 1.74. The monoisotopic (exact) mass is 363 g/mol. The maximum atomic E-state index is 12.0. The average Bonchev–Trinajstić information content (AvgIpc) is 2.90.